The lowest BCUT2D eigenvalue weighted by molar-refractivity contribution is -0.159. The van der Waals surface area contributed by atoms with E-state index in [9.17, 15) is 9.59 Å². The van der Waals surface area contributed by atoms with Crippen LogP contribution >= 0.6 is 0 Å². The van der Waals surface area contributed by atoms with Crippen LogP contribution in [-0.4, -0.2) is 71.8 Å². The van der Waals surface area contributed by atoms with Gasteiger partial charge in [0.15, 0.2) is 0 Å². The van der Waals surface area contributed by atoms with Crippen LogP contribution in [0.15, 0.2) is 0 Å². The summed E-state index contributed by atoms with van der Waals surface area (Å²) in [5.41, 5.74) is -0.0179. The number of amides is 2. The number of carbonyl (C=O) groups is 2. The molecule has 0 aromatic rings. The van der Waals surface area contributed by atoms with Gasteiger partial charge in [-0.25, -0.2) is 0 Å². The zero-order chi connectivity index (χ0) is 19.3. The van der Waals surface area contributed by atoms with Gasteiger partial charge in [-0.1, -0.05) is 0 Å². The quantitative estimate of drug-likeness (QED) is 0.748. The van der Waals surface area contributed by atoms with Gasteiger partial charge in [-0.2, -0.15) is 0 Å². The molecule has 28 heavy (non-hydrogen) atoms. The van der Waals surface area contributed by atoms with E-state index in [1.807, 2.05) is 0 Å². The van der Waals surface area contributed by atoms with Crippen molar-refractivity contribution in [1.29, 1.82) is 0 Å². The standard InChI is InChI=1S/C23H37N3O2/c1-17-4-2-3-5-26(17)21(27)16-24-6-8-25(9-7-24)22(28)23-13-18-10-19(14-23)12-20(11-18)15-23/h17-20H,2-16H2,1H3. The number of piperidine rings is 1. The lowest BCUT2D eigenvalue weighted by Crippen LogP contribution is -2.59. The molecule has 4 aliphatic carbocycles. The van der Waals surface area contributed by atoms with Crippen LogP contribution in [0.25, 0.3) is 0 Å². The fourth-order valence-electron chi connectivity index (χ4n) is 7.57. The molecule has 0 spiro atoms. The van der Waals surface area contributed by atoms with E-state index in [1.54, 1.807) is 0 Å². The van der Waals surface area contributed by atoms with Crippen LogP contribution in [0.1, 0.15) is 64.7 Å². The number of piperazine rings is 1. The van der Waals surface area contributed by atoms with Gasteiger partial charge in [0.25, 0.3) is 0 Å². The molecule has 6 aliphatic rings. The van der Waals surface area contributed by atoms with E-state index in [4.69, 9.17) is 0 Å². The van der Waals surface area contributed by atoms with E-state index in [-0.39, 0.29) is 11.3 Å². The molecule has 1 unspecified atom stereocenters. The lowest BCUT2D eigenvalue weighted by Gasteiger charge is -2.57. The third-order valence-electron chi connectivity index (χ3n) is 8.63. The van der Waals surface area contributed by atoms with Crippen molar-refractivity contribution in [3.63, 3.8) is 0 Å². The average molecular weight is 388 g/mol. The summed E-state index contributed by atoms with van der Waals surface area (Å²) < 4.78 is 0. The van der Waals surface area contributed by atoms with Gasteiger partial charge in [-0.15, -0.1) is 0 Å². The Bertz CT molecular complexity index is 590. The minimum atomic E-state index is -0.0179. The molecule has 2 saturated heterocycles. The van der Waals surface area contributed by atoms with Crippen LogP contribution in [0, 0.1) is 23.2 Å². The third-order valence-corrected chi connectivity index (χ3v) is 8.63. The minimum absolute atomic E-state index is 0.0179. The molecule has 1 atom stereocenters. The van der Waals surface area contributed by atoms with E-state index in [0.717, 1.165) is 82.6 Å². The molecule has 0 N–H and O–H groups in total. The van der Waals surface area contributed by atoms with Gasteiger partial charge in [0.1, 0.15) is 0 Å². The van der Waals surface area contributed by atoms with Crippen molar-refractivity contribution in [3.8, 4) is 0 Å². The minimum Gasteiger partial charge on any atom is -0.340 e. The van der Waals surface area contributed by atoms with Crippen molar-refractivity contribution < 1.29 is 9.59 Å². The fourth-order valence-corrected chi connectivity index (χ4v) is 7.57. The van der Waals surface area contributed by atoms with Crippen molar-refractivity contribution in [3.05, 3.63) is 0 Å². The second-order valence-corrected chi connectivity index (χ2v) is 10.7. The monoisotopic (exact) mass is 387 g/mol. The normalized spacial score (nSPS) is 40.8. The zero-order valence-corrected chi connectivity index (χ0v) is 17.6. The summed E-state index contributed by atoms with van der Waals surface area (Å²) in [6, 6.07) is 0.389. The predicted molar refractivity (Wildman–Crippen MR) is 109 cm³/mol. The summed E-state index contributed by atoms with van der Waals surface area (Å²) in [6.07, 6.45) is 11.2. The summed E-state index contributed by atoms with van der Waals surface area (Å²) in [5, 5.41) is 0. The van der Waals surface area contributed by atoms with Crippen LogP contribution in [0.2, 0.25) is 0 Å². The van der Waals surface area contributed by atoms with E-state index in [1.165, 1.54) is 25.7 Å². The van der Waals surface area contributed by atoms with Crippen molar-refractivity contribution in [2.45, 2.75) is 70.8 Å². The maximum atomic E-state index is 13.5. The molecule has 2 amide bonds. The Morgan fingerprint density at radius 1 is 0.857 bits per heavy atom. The van der Waals surface area contributed by atoms with Crippen LogP contribution in [0.3, 0.4) is 0 Å². The lowest BCUT2D eigenvalue weighted by atomic mass is 9.49. The second-order valence-electron chi connectivity index (χ2n) is 10.7. The number of hydrogen-bond acceptors (Lipinski definition) is 3. The molecule has 0 radical (unpaired) electrons. The van der Waals surface area contributed by atoms with Crippen LogP contribution in [0.5, 0.6) is 0 Å². The Morgan fingerprint density at radius 2 is 1.46 bits per heavy atom. The Labute approximate surface area is 169 Å². The van der Waals surface area contributed by atoms with Gasteiger partial charge in [0.2, 0.25) is 11.8 Å². The first-order valence-corrected chi connectivity index (χ1v) is 11.8. The van der Waals surface area contributed by atoms with Crippen molar-refractivity contribution in [2.24, 2.45) is 23.2 Å². The first-order valence-electron chi connectivity index (χ1n) is 11.8. The first-order chi connectivity index (χ1) is 13.5. The van der Waals surface area contributed by atoms with Crippen LogP contribution in [0.4, 0.5) is 0 Å². The maximum Gasteiger partial charge on any atom is 0.236 e. The molecule has 0 aromatic heterocycles. The van der Waals surface area contributed by atoms with E-state index < -0.39 is 0 Å². The Balaban J connectivity index is 1.15. The Morgan fingerprint density at radius 3 is 2.04 bits per heavy atom. The molecule has 2 heterocycles. The van der Waals surface area contributed by atoms with Gasteiger partial charge in [0.05, 0.1) is 12.0 Å². The van der Waals surface area contributed by atoms with E-state index >= 15 is 0 Å². The third kappa shape index (κ3) is 3.38. The summed E-state index contributed by atoms with van der Waals surface area (Å²) in [6.45, 7) is 6.96. The van der Waals surface area contributed by atoms with Crippen molar-refractivity contribution in [2.75, 3.05) is 39.3 Å². The Hall–Kier alpha value is -1.10. The largest absolute Gasteiger partial charge is 0.340 e. The summed E-state index contributed by atoms with van der Waals surface area (Å²) in [5.74, 6) is 3.21. The van der Waals surface area contributed by atoms with E-state index in [2.05, 4.69) is 21.6 Å². The van der Waals surface area contributed by atoms with E-state index in [0.29, 0.717) is 18.5 Å². The topological polar surface area (TPSA) is 43.9 Å². The number of hydrogen-bond donors (Lipinski definition) is 0. The highest BCUT2D eigenvalue weighted by Crippen LogP contribution is 2.60. The summed E-state index contributed by atoms with van der Waals surface area (Å²) in [7, 11) is 0. The number of likely N-dealkylation sites (tertiary alicyclic amines) is 1. The van der Waals surface area contributed by atoms with Crippen molar-refractivity contribution >= 4 is 11.8 Å². The van der Waals surface area contributed by atoms with Crippen molar-refractivity contribution in [1.82, 2.24) is 14.7 Å². The SMILES string of the molecule is CC1CCCCN1C(=O)CN1CCN(C(=O)C23CC4CC(CC(C4)C2)C3)CC1. The van der Waals surface area contributed by atoms with Gasteiger partial charge in [-0.3, -0.25) is 14.5 Å². The highest BCUT2D eigenvalue weighted by molar-refractivity contribution is 5.83. The second kappa shape index (κ2) is 7.30. The number of nitrogens with zero attached hydrogens (tertiary/aromatic N) is 3. The van der Waals surface area contributed by atoms with Gasteiger partial charge in [-0.05, 0) is 82.5 Å². The molecular formula is C23H37N3O2. The first kappa shape index (κ1) is 18.9. The molecular weight excluding hydrogens is 350 g/mol. The van der Waals surface area contributed by atoms with Crippen LogP contribution in [-0.2, 0) is 9.59 Å². The molecule has 156 valence electrons. The van der Waals surface area contributed by atoms with Gasteiger partial charge < -0.3 is 9.80 Å². The predicted octanol–water partition coefficient (Wildman–Crippen LogP) is 2.75. The average Bonchev–Trinajstić information content (AvgIpc) is 2.67. The summed E-state index contributed by atoms with van der Waals surface area (Å²) in [4.78, 5) is 32.7. The number of carbonyl (C=O) groups excluding carboxylic acids is 2. The molecule has 6 rings (SSSR count). The van der Waals surface area contributed by atoms with Gasteiger partial charge in [0, 0.05) is 38.8 Å². The molecule has 0 aromatic carbocycles. The highest BCUT2D eigenvalue weighted by Gasteiger charge is 2.55. The summed E-state index contributed by atoms with van der Waals surface area (Å²) >= 11 is 0. The van der Waals surface area contributed by atoms with Crippen LogP contribution < -0.4 is 0 Å². The van der Waals surface area contributed by atoms with Gasteiger partial charge >= 0.3 is 0 Å². The molecule has 6 fully saturated rings. The molecule has 5 nitrogen and oxygen atoms in total. The maximum absolute atomic E-state index is 13.5. The number of rotatable bonds is 3. The molecule has 2 aliphatic heterocycles. The fraction of sp³-hybridized carbons (Fsp3) is 0.913. The smallest absolute Gasteiger partial charge is 0.236 e. The Kier molecular flexibility index (Phi) is 4.93. The zero-order valence-electron chi connectivity index (χ0n) is 17.6. The molecule has 4 saturated carbocycles. The highest BCUT2D eigenvalue weighted by atomic mass is 16.2. The molecule has 5 heteroatoms. The molecule has 4 bridgehead atoms.